The highest BCUT2D eigenvalue weighted by Crippen LogP contribution is 2.45. The third-order valence-corrected chi connectivity index (χ3v) is 6.40. The quantitative estimate of drug-likeness (QED) is 0.834. The highest BCUT2D eigenvalue weighted by Gasteiger charge is 2.50. The van der Waals surface area contributed by atoms with E-state index in [0.29, 0.717) is 0 Å². The topological polar surface area (TPSA) is 49.3 Å². The van der Waals surface area contributed by atoms with Crippen LogP contribution in [0.15, 0.2) is 42.9 Å². The van der Waals surface area contributed by atoms with E-state index in [-0.39, 0.29) is 17.4 Å². The summed E-state index contributed by atoms with van der Waals surface area (Å²) in [6.07, 6.45) is 8.61. The molecule has 27 heavy (non-hydrogen) atoms. The number of amides is 1. The molecule has 2 aliphatic rings. The van der Waals surface area contributed by atoms with E-state index >= 15 is 0 Å². The van der Waals surface area contributed by atoms with Crippen molar-refractivity contribution in [2.45, 2.75) is 50.5 Å². The van der Waals surface area contributed by atoms with Crippen molar-refractivity contribution in [3.05, 3.63) is 54.0 Å². The second-order valence-electron chi connectivity index (χ2n) is 7.90. The Bertz CT molecular complexity index is 799. The summed E-state index contributed by atoms with van der Waals surface area (Å²) < 4.78 is 0. The van der Waals surface area contributed by atoms with E-state index in [1.807, 2.05) is 36.3 Å². The average Bonchev–Trinajstić information content (AvgIpc) is 2.95. The van der Waals surface area contributed by atoms with Gasteiger partial charge in [-0.3, -0.25) is 4.79 Å². The number of carbonyl (C=O) groups is 1. The molecular formula is C22H28N4O. The first-order valence-electron chi connectivity index (χ1n) is 10.0. The fourth-order valence-corrected chi connectivity index (χ4v) is 4.77. The maximum Gasteiger partial charge on any atom is 0.230 e. The molecule has 0 unspecified atom stereocenters. The molecule has 1 spiro atoms. The van der Waals surface area contributed by atoms with Crippen LogP contribution >= 0.6 is 0 Å². The largest absolute Gasteiger partial charge is 0.356 e. The van der Waals surface area contributed by atoms with E-state index in [4.69, 9.17) is 0 Å². The molecule has 2 aliphatic heterocycles. The zero-order chi connectivity index (χ0) is 18.9. The molecule has 3 heterocycles. The van der Waals surface area contributed by atoms with E-state index in [0.717, 1.165) is 56.6 Å². The molecule has 1 amide bonds. The SMILES string of the molecule is CCCc1cncnc1N1CCC2(CC1)C[C@H](c1ccccc1)C(=O)N2C. The smallest absolute Gasteiger partial charge is 0.230 e. The van der Waals surface area contributed by atoms with Crippen molar-refractivity contribution < 1.29 is 4.79 Å². The first kappa shape index (κ1) is 18.0. The first-order chi connectivity index (χ1) is 13.1. The standard InChI is InChI=1S/C22H28N4O/c1-3-7-18-15-23-16-24-20(18)26-12-10-22(11-13-26)14-19(21(27)25(22)2)17-8-5-4-6-9-17/h4-6,8-9,15-16,19H,3,7,10-14H2,1-2H3/t19-/m1/s1. The summed E-state index contributed by atoms with van der Waals surface area (Å²) in [5.74, 6) is 1.34. The summed E-state index contributed by atoms with van der Waals surface area (Å²) >= 11 is 0. The number of aryl methyl sites for hydroxylation is 1. The Morgan fingerprint density at radius 3 is 2.63 bits per heavy atom. The van der Waals surface area contributed by atoms with E-state index in [1.54, 1.807) is 6.33 Å². The molecule has 0 bridgehead atoms. The number of anilines is 1. The van der Waals surface area contributed by atoms with Crippen molar-refractivity contribution in [3.8, 4) is 0 Å². The van der Waals surface area contributed by atoms with E-state index in [9.17, 15) is 4.79 Å². The molecule has 0 N–H and O–H groups in total. The van der Waals surface area contributed by atoms with Crippen LogP contribution in [-0.4, -0.2) is 46.5 Å². The average molecular weight is 364 g/mol. The first-order valence-corrected chi connectivity index (χ1v) is 10.0. The lowest BCUT2D eigenvalue weighted by Gasteiger charge is -2.44. The van der Waals surface area contributed by atoms with Gasteiger partial charge in [0, 0.05) is 37.4 Å². The summed E-state index contributed by atoms with van der Waals surface area (Å²) in [4.78, 5) is 26.2. The molecule has 2 aromatic rings. The van der Waals surface area contributed by atoms with Gasteiger partial charge in [0.15, 0.2) is 0 Å². The molecule has 5 nitrogen and oxygen atoms in total. The van der Waals surface area contributed by atoms with Gasteiger partial charge >= 0.3 is 0 Å². The zero-order valence-corrected chi connectivity index (χ0v) is 16.3. The number of carbonyl (C=O) groups excluding carboxylic acids is 1. The molecule has 2 fully saturated rings. The number of piperidine rings is 1. The molecule has 1 aromatic heterocycles. The Labute approximate surface area is 161 Å². The predicted molar refractivity (Wildman–Crippen MR) is 107 cm³/mol. The van der Waals surface area contributed by atoms with E-state index < -0.39 is 0 Å². The van der Waals surface area contributed by atoms with Gasteiger partial charge in [0.1, 0.15) is 12.1 Å². The van der Waals surface area contributed by atoms with Gasteiger partial charge in [-0.05, 0) is 31.2 Å². The Hall–Kier alpha value is -2.43. The summed E-state index contributed by atoms with van der Waals surface area (Å²) in [5, 5.41) is 0. The summed E-state index contributed by atoms with van der Waals surface area (Å²) in [6.45, 7) is 4.06. The number of benzene rings is 1. The second-order valence-corrected chi connectivity index (χ2v) is 7.90. The van der Waals surface area contributed by atoms with Crippen LogP contribution < -0.4 is 4.90 Å². The Balaban J connectivity index is 1.51. The minimum absolute atomic E-state index is 0.00236. The van der Waals surface area contributed by atoms with Gasteiger partial charge < -0.3 is 9.80 Å². The lowest BCUT2D eigenvalue weighted by atomic mass is 9.81. The molecular weight excluding hydrogens is 336 g/mol. The number of nitrogens with zero attached hydrogens (tertiary/aromatic N) is 4. The zero-order valence-electron chi connectivity index (χ0n) is 16.3. The van der Waals surface area contributed by atoms with Crippen LogP contribution in [0.3, 0.4) is 0 Å². The number of aromatic nitrogens is 2. The predicted octanol–water partition coefficient (Wildman–Crippen LogP) is 3.41. The molecule has 142 valence electrons. The number of likely N-dealkylation sites (N-methyl/N-ethyl adjacent to an activating group) is 1. The molecule has 1 atom stereocenters. The molecule has 0 aliphatic carbocycles. The Morgan fingerprint density at radius 2 is 1.93 bits per heavy atom. The lowest BCUT2D eigenvalue weighted by Crippen LogP contribution is -2.52. The van der Waals surface area contributed by atoms with Crippen LogP contribution in [-0.2, 0) is 11.2 Å². The van der Waals surface area contributed by atoms with Crippen LogP contribution in [0.5, 0.6) is 0 Å². The monoisotopic (exact) mass is 364 g/mol. The Morgan fingerprint density at radius 1 is 1.19 bits per heavy atom. The number of hydrogen-bond donors (Lipinski definition) is 0. The third kappa shape index (κ3) is 3.20. The molecule has 4 rings (SSSR count). The van der Waals surface area contributed by atoms with Crippen molar-refractivity contribution in [1.29, 1.82) is 0 Å². The van der Waals surface area contributed by atoms with Gasteiger partial charge in [0.2, 0.25) is 5.91 Å². The van der Waals surface area contributed by atoms with Gasteiger partial charge in [-0.25, -0.2) is 9.97 Å². The van der Waals surface area contributed by atoms with Crippen LogP contribution in [0, 0.1) is 0 Å². The molecule has 2 saturated heterocycles. The van der Waals surface area contributed by atoms with Crippen LogP contribution in [0.1, 0.15) is 49.7 Å². The Kier molecular flexibility index (Phi) is 4.85. The van der Waals surface area contributed by atoms with Crippen LogP contribution in [0.4, 0.5) is 5.82 Å². The molecule has 0 radical (unpaired) electrons. The maximum atomic E-state index is 13.0. The van der Waals surface area contributed by atoms with E-state index in [1.165, 1.54) is 5.56 Å². The van der Waals surface area contributed by atoms with Crippen LogP contribution in [0.25, 0.3) is 0 Å². The second kappa shape index (κ2) is 7.29. The third-order valence-electron chi connectivity index (χ3n) is 6.40. The minimum atomic E-state index is -0.0218. The number of hydrogen-bond acceptors (Lipinski definition) is 4. The lowest BCUT2D eigenvalue weighted by molar-refractivity contribution is -0.131. The minimum Gasteiger partial charge on any atom is -0.356 e. The summed E-state index contributed by atoms with van der Waals surface area (Å²) in [6, 6.07) is 10.2. The summed E-state index contributed by atoms with van der Waals surface area (Å²) in [7, 11) is 1.99. The van der Waals surface area contributed by atoms with Gasteiger partial charge in [0.05, 0.1) is 5.92 Å². The van der Waals surface area contributed by atoms with Gasteiger partial charge in [0.25, 0.3) is 0 Å². The number of rotatable bonds is 4. The molecule has 1 aromatic carbocycles. The van der Waals surface area contributed by atoms with Crippen LogP contribution in [0.2, 0.25) is 0 Å². The molecule has 0 saturated carbocycles. The van der Waals surface area contributed by atoms with Crippen molar-refractivity contribution in [3.63, 3.8) is 0 Å². The van der Waals surface area contributed by atoms with Gasteiger partial charge in [-0.1, -0.05) is 43.7 Å². The van der Waals surface area contributed by atoms with Crippen molar-refractivity contribution in [2.75, 3.05) is 25.0 Å². The maximum absolute atomic E-state index is 13.0. The van der Waals surface area contributed by atoms with Crippen molar-refractivity contribution in [1.82, 2.24) is 14.9 Å². The van der Waals surface area contributed by atoms with E-state index in [2.05, 4.69) is 33.9 Å². The molecule has 5 heteroatoms. The summed E-state index contributed by atoms with van der Waals surface area (Å²) in [5.41, 5.74) is 2.36. The highest BCUT2D eigenvalue weighted by molar-refractivity contribution is 5.87. The van der Waals surface area contributed by atoms with Crippen molar-refractivity contribution in [2.24, 2.45) is 0 Å². The van der Waals surface area contributed by atoms with Gasteiger partial charge in [-0.2, -0.15) is 0 Å². The highest BCUT2D eigenvalue weighted by atomic mass is 16.2. The number of likely N-dealkylation sites (tertiary alicyclic amines) is 1. The fourth-order valence-electron chi connectivity index (χ4n) is 4.77. The fraction of sp³-hybridized carbons (Fsp3) is 0.500. The van der Waals surface area contributed by atoms with Gasteiger partial charge in [-0.15, -0.1) is 0 Å². The normalized spacial score (nSPS) is 21.9. The van der Waals surface area contributed by atoms with Crippen molar-refractivity contribution >= 4 is 11.7 Å².